The predicted molar refractivity (Wildman–Crippen MR) is 73.8 cm³/mol. The Kier molecular flexibility index (Phi) is 2.19. The average molecular weight is 243 g/mol. The molecular weight excluding hydrogens is 218 g/mol. The minimum atomic E-state index is 0.205. The van der Waals surface area contributed by atoms with E-state index in [1.807, 2.05) is 6.92 Å². The third-order valence-electron chi connectivity index (χ3n) is 5.84. The highest BCUT2D eigenvalue weighted by Gasteiger charge is 2.64. The fourth-order valence-electron chi connectivity index (χ4n) is 7.07. The van der Waals surface area contributed by atoms with Gasteiger partial charge < -0.3 is 0 Å². The van der Waals surface area contributed by atoms with E-state index in [1.165, 1.54) is 38.5 Å². The Morgan fingerprint density at radius 2 is 1.28 bits per heavy atom. The van der Waals surface area contributed by atoms with Crippen LogP contribution in [-0.4, -0.2) is 0 Å². The molecule has 4 fully saturated rings. The summed E-state index contributed by atoms with van der Waals surface area (Å²) in [6.07, 6.45) is 9.96. The van der Waals surface area contributed by atoms with Gasteiger partial charge in [0.1, 0.15) is 0 Å². The molecule has 0 spiro atoms. The molecular formula is C17H25N. The molecule has 1 nitrogen and oxygen atoms in total. The molecule has 4 bridgehead atoms. The van der Waals surface area contributed by atoms with Crippen LogP contribution in [-0.2, 0) is 0 Å². The second kappa shape index (κ2) is 3.21. The lowest BCUT2D eigenvalue weighted by Crippen LogP contribution is -2.59. The van der Waals surface area contributed by atoms with Crippen molar-refractivity contribution in [3.8, 4) is 6.07 Å². The van der Waals surface area contributed by atoms with E-state index in [0.29, 0.717) is 16.2 Å². The van der Waals surface area contributed by atoms with Crippen LogP contribution in [0.4, 0.5) is 0 Å². The topological polar surface area (TPSA) is 23.8 Å². The molecule has 1 heteroatoms. The Bertz CT molecular complexity index is 411. The van der Waals surface area contributed by atoms with Gasteiger partial charge in [0.2, 0.25) is 0 Å². The molecule has 0 atom stereocenters. The summed E-state index contributed by atoms with van der Waals surface area (Å²) in [6, 6.07) is 2.52. The molecule has 0 unspecified atom stereocenters. The zero-order valence-electron chi connectivity index (χ0n) is 12.3. The lowest BCUT2D eigenvalue weighted by atomic mass is 9.35. The largest absolute Gasteiger partial charge is 0.193 e. The van der Waals surface area contributed by atoms with Gasteiger partial charge in [-0.3, -0.25) is 0 Å². The molecule has 4 saturated carbocycles. The lowest BCUT2D eigenvalue weighted by molar-refractivity contribution is -0.168. The Balaban J connectivity index is 2.12. The molecule has 98 valence electrons. The van der Waals surface area contributed by atoms with Crippen molar-refractivity contribution in [3.63, 3.8) is 0 Å². The number of hydrogen-bond donors (Lipinski definition) is 0. The fraction of sp³-hybridized carbons (Fsp3) is 0.824. The maximum absolute atomic E-state index is 9.52. The summed E-state index contributed by atoms with van der Waals surface area (Å²) in [5.41, 5.74) is 2.71. The molecule has 4 aliphatic rings. The van der Waals surface area contributed by atoms with Crippen LogP contribution in [0.3, 0.4) is 0 Å². The quantitative estimate of drug-likeness (QED) is 0.604. The normalized spacial score (nSPS) is 54.5. The SMILES string of the molecule is CC=C(C#N)C12CC3(C)CC(C)(CC(C)(C3)C1)C2. The smallest absolute Gasteiger partial charge is 0.0949 e. The zero-order valence-corrected chi connectivity index (χ0v) is 12.3. The highest BCUT2D eigenvalue weighted by molar-refractivity contribution is 5.34. The van der Waals surface area contributed by atoms with Gasteiger partial charge in [-0.05, 0) is 61.7 Å². The molecule has 0 aliphatic heterocycles. The van der Waals surface area contributed by atoms with Gasteiger partial charge >= 0.3 is 0 Å². The van der Waals surface area contributed by atoms with Crippen LogP contribution < -0.4 is 0 Å². The van der Waals surface area contributed by atoms with Crippen LogP contribution in [0.5, 0.6) is 0 Å². The summed E-state index contributed by atoms with van der Waals surface area (Å²) in [7, 11) is 0. The first-order chi connectivity index (χ1) is 8.26. The van der Waals surface area contributed by atoms with Crippen molar-refractivity contribution in [1.82, 2.24) is 0 Å². The summed E-state index contributed by atoms with van der Waals surface area (Å²) < 4.78 is 0. The van der Waals surface area contributed by atoms with Gasteiger partial charge in [0.25, 0.3) is 0 Å². The molecule has 0 aromatic carbocycles. The van der Waals surface area contributed by atoms with Gasteiger partial charge in [-0.15, -0.1) is 0 Å². The average Bonchev–Trinajstić information content (AvgIpc) is 2.10. The van der Waals surface area contributed by atoms with Crippen molar-refractivity contribution >= 4 is 0 Å². The standard InChI is InChI=1S/C17H25N/c1-5-13(6-18)17-10-14(2)7-15(3,11-17)9-16(4,8-14)12-17/h5H,7-12H2,1-4H3. The molecule has 18 heavy (non-hydrogen) atoms. The summed E-state index contributed by atoms with van der Waals surface area (Å²) in [6.45, 7) is 9.46. The van der Waals surface area contributed by atoms with Gasteiger partial charge in [-0.1, -0.05) is 26.8 Å². The molecule has 0 heterocycles. The molecule has 0 amide bonds. The first-order valence-electron chi connectivity index (χ1n) is 7.33. The highest BCUT2D eigenvalue weighted by atomic mass is 14.7. The minimum Gasteiger partial charge on any atom is -0.193 e. The monoisotopic (exact) mass is 243 g/mol. The van der Waals surface area contributed by atoms with E-state index in [0.717, 1.165) is 5.57 Å². The molecule has 4 rings (SSSR count). The van der Waals surface area contributed by atoms with Crippen molar-refractivity contribution in [2.75, 3.05) is 0 Å². The van der Waals surface area contributed by atoms with E-state index >= 15 is 0 Å². The summed E-state index contributed by atoms with van der Waals surface area (Å²) in [5, 5.41) is 9.52. The first-order valence-corrected chi connectivity index (χ1v) is 7.33. The Morgan fingerprint density at radius 1 is 0.889 bits per heavy atom. The van der Waals surface area contributed by atoms with Crippen molar-refractivity contribution in [1.29, 1.82) is 5.26 Å². The van der Waals surface area contributed by atoms with Gasteiger partial charge in [0, 0.05) is 11.0 Å². The van der Waals surface area contributed by atoms with Crippen LogP contribution >= 0.6 is 0 Å². The van der Waals surface area contributed by atoms with Crippen LogP contribution in [0.15, 0.2) is 11.6 Å². The zero-order chi connectivity index (χ0) is 13.2. The first kappa shape index (κ1) is 12.3. The predicted octanol–water partition coefficient (Wildman–Crippen LogP) is 4.84. The maximum Gasteiger partial charge on any atom is 0.0949 e. The van der Waals surface area contributed by atoms with Gasteiger partial charge in [-0.25, -0.2) is 0 Å². The Hall–Kier alpha value is -0.770. The van der Waals surface area contributed by atoms with Crippen LogP contribution in [0.1, 0.15) is 66.2 Å². The number of nitriles is 1. The molecule has 0 aromatic heterocycles. The van der Waals surface area contributed by atoms with Gasteiger partial charge in [0.05, 0.1) is 6.07 Å². The van der Waals surface area contributed by atoms with E-state index in [-0.39, 0.29) is 5.41 Å². The van der Waals surface area contributed by atoms with Crippen molar-refractivity contribution in [2.24, 2.45) is 21.7 Å². The van der Waals surface area contributed by atoms with E-state index in [9.17, 15) is 5.26 Å². The summed E-state index contributed by atoms with van der Waals surface area (Å²) in [4.78, 5) is 0. The van der Waals surface area contributed by atoms with E-state index in [1.54, 1.807) is 0 Å². The third-order valence-corrected chi connectivity index (χ3v) is 5.84. The summed E-state index contributed by atoms with van der Waals surface area (Å²) >= 11 is 0. The molecule has 0 N–H and O–H groups in total. The second-order valence-electron chi connectivity index (χ2n) is 8.59. The summed E-state index contributed by atoms with van der Waals surface area (Å²) in [5.74, 6) is 0. The molecule has 4 aliphatic carbocycles. The van der Waals surface area contributed by atoms with Crippen molar-refractivity contribution in [2.45, 2.75) is 66.2 Å². The Labute approximate surface area is 111 Å². The molecule has 0 saturated heterocycles. The number of nitrogens with zero attached hydrogens (tertiary/aromatic N) is 1. The highest BCUT2D eigenvalue weighted by Crippen LogP contribution is 2.74. The molecule has 0 radical (unpaired) electrons. The van der Waals surface area contributed by atoms with E-state index in [2.05, 4.69) is 32.9 Å². The number of hydrogen-bond acceptors (Lipinski definition) is 1. The van der Waals surface area contributed by atoms with Crippen molar-refractivity contribution < 1.29 is 0 Å². The fourth-order valence-corrected chi connectivity index (χ4v) is 7.07. The van der Waals surface area contributed by atoms with Crippen LogP contribution in [0.25, 0.3) is 0 Å². The van der Waals surface area contributed by atoms with Crippen LogP contribution in [0.2, 0.25) is 0 Å². The third kappa shape index (κ3) is 1.51. The van der Waals surface area contributed by atoms with Gasteiger partial charge in [0.15, 0.2) is 0 Å². The van der Waals surface area contributed by atoms with Gasteiger partial charge in [-0.2, -0.15) is 5.26 Å². The minimum absolute atomic E-state index is 0.205. The second-order valence-corrected chi connectivity index (χ2v) is 8.59. The maximum atomic E-state index is 9.52. The Morgan fingerprint density at radius 3 is 1.56 bits per heavy atom. The number of rotatable bonds is 1. The number of allylic oxidation sites excluding steroid dienone is 2. The molecule has 0 aromatic rings. The van der Waals surface area contributed by atoms with E-state index < -0.39 is 0 Å². The lowest BCUT2D eigenvalue weighted by Gasteiger charge is -2.69. The van der Waals surface area contributed by atoms with E-state index in [4.69, 9.17) is 0 Å². The van der Waals surface area contributed by atoms with Crippen molar-refractivity contribution in [3.05, 3.63) is 11.6 Å². The van der Waals surface area contributed by atoms with Crippen LogP contribution in [0, 0.1) is 33.0 Å².